The van der Waals surface area contributed by atoms with Crippen LogP contribution in [0.2, 0.25) is 0 Å². The molecule has 0 amide bonds. The normalized spacial score (nSPS) is 12.1. The van der Waals surface area contributed by atoms with Crippen LogP contribution < -0.4 is 10.5 Å². The van der Waals surface area contributed by atoms with Gasteiger partial charge in [-0.05, 0) is 49.2 Å². The highest BCUT2D eigenvalue weighted by molar-refractivity contribution is 7.85. The summed E-state index contributed by atoms with van der Waals surface area (Å²) in [6, 6.07) is 13.1. The van der Waals surface area contributed by atoms with Gasteiger partial charge in [0.25, 0.3) is 0 Å². The fourth-order valence-corrected chi connectivity index (χ4v) is 2.81. The monoisotopic (exact) mass is 289 g/mol. The van der Waals surface area contributed by atoms with E-state index >= 15 is 0 Å². The Balaban J connectivity index is 1.90. The average Bonchev–Trinajstić information content (AvgIpc) is 2.42. The molecular formula is C16H19NO2S. The summed E-state index contributed by atoms with van der Waals surface area (Å²) in [7, 11) is -1.04. The van der Waals surface area contributed by atoms with Gasteiger partial charge in [0.15, 0.2) is 0 Å². The molecule has 0 aromatic heterocycles. The number of nitrogens with two attached hydrogens (primary N) is 1. The van der Waals surface area contributed by atoms with Gasteiger partial charge in [-0.25, -0.2) is 0 Å². The van der Waals surface area contributed by atoms with Crippen LogP contribution in [0.25, 0.3) is 0 Å². The lowest BCUT2D eigenvalue weighted by atomic mass is 10.1. The summed E-state index contributed by atoms with van der Waals surface area (Å²) in [5.74, 6) is 1.18. The van der Waals surface area contributed by atoms with E-state index in [1.165, 1.54) is 5.56 Å². The summed E-state index contributed by atoms with van der Waals surface area (Å²) in [6.07, 6.45) is 0. The number of ether oxygens (including phenoxy) is 1. The Hall–Kier alpha value is -1.81. The first-order valence-electron chi connectivity index (χ1n) is 6.50. The second-order valence-corrected chi connectivity index (χ2v) is 6.29. The smallest absolute Gasteiger partial charge is 0.121 e. The molecule has 2 rings (SSSR count). The summed E-state index contributed by atoms with van der Waals surface area (Å²) < 4.78 is 17.7. The molecule has 20 heavy (non-hydrogen) atoms. The van der Waals surface area contributed by atoms with Gasteiger partial charge in [-0.2, -0.15) is 0 Å². The standard InChI is InChI=1S/C16H19NO2S/c1-12-6-7-16(10-13(12)2)20(18)9-8-19-15-5-3-4-14(17)11-15/h3-7,10-11H,8-9,17H2,1-2H3. The molecular weight excluding hydrogens is 270 g/mol. The Labute approximate surface area is 122 Å². The van der Waals surface area contributed by atoms with E-state index in [0.717, 1.165) is 10.5 Å². The van der Waals surface area contributed by atoms with E-state index in [1.807, 2.05) is 44.2 Å². The second-order valence-electron chi connectivity index (χ2n) is 4.72. The van der Waals surface area contributed by atoms with Gasteiger partial charge >= 0.3 is 0 Å². The van der Waals surface area contributed by atoms with Crippen LogP contribution in [0.3, 0.4) is 0 Å². The Bertz CT molecular complexity index is 626. The molecule has 106 valence electrons. The zero-order valence-corrected chi connectivity index (χ0v) is 12.6. The lowest BCUT2D eigenvalue weighted by molar-refractivity contribution is 0.343. The highest BCUT2D eigenvalue weighted by Crippen LogP contribution is 2.16. The molecule has 0 heterocycles. The SMILES string of the molecule is Cc1ccc(S(=O)CCOc2cccc(N)c2)cc1C. The minimum absolute atomic E-state index is 0.406. The van der Waals surface area contributed by atoms with E-state index in [1.54, 1.807) is 12.1 Å². The first kappa shape index (κ1) is 14.6. The highest BCUT2D eigenvalue weighted by Gasteiger charge is 2.05. The van der Waals surface area contributed by atoms with Gasteiger partial charge in [0.1, 0.15) is 12.4 Å². The van der Waals surface area contributed by atoms with Crippen LogP contribution in [0.1, 0.15) is 11.1 Å². The van der Waals surface area contributed by atoms with Crippen molar-refractivity contribution in [1.82, 2.24) is 0 Å². The molecule has 0 bridgehead atoms. The number of anilines is 1. The van der Waals surface area contributed by atoms with Crippen LogP contribution in [0.4, 0.5) is 5.69 Å². The van der Waals surface area contributed by atoms with Crippen LogP contribution in [-0.4, -0.2) is 16.6 Å². The minimum Gasteiger partial charge on any atom is -0.493 e. The molecule has 0 saturated carbocycles. The zero-order valence-electron chi connectivity index (χ0n) is 11.8. The lowest BCUT2D eigenvalue weighted by Gasteiger charge is -2.08. The van der Waals surface area contributed by atoms with E-state index in [4.69, 9.17) is 10.5 Å². The number of hydrogen-bond acceptors (Lipinski definition) is 3. The van der Waals surface area contributed by atoms with Gasteiger partial charge < -0.3 is 10.5 Å². The van der Waals surface area contributed by atoms with Crippen molar-refractivity contribution in [3.63, 3.8) is 0 Å². The summed E-state index contributed by atoms with van der Waals surface area (Å²) in [5.41, 5.74) is 8.71. The van der Waals surface area contributed by atoms with Crippen molar-refractivity contribution in [2.24, 2.45) is 0 Å². The summed E-state index contributed by atoms with van der Waals surface area (Å²) in [6.45, 7) is 4.48. The van der Waals surface area contributed by atoms with Crippen LogP contribution in [0, 0.1) is 13.8 Å². The molecule has 0 saturated heterocycles. The molecule has 2 aromatic rings. The van der Waals surface area contributed by atoms with Gasteiger partial charge in [0.2, 0.25) is 0 Å². The zero-order chi connectivity index (χ0) is 14.5. The van der Waals surface area contributed by atoms with Gasteiger partial charge in [0, 0.05) is 16.6 Å². The van der Waals surface area contributed by atoms with E-state index in [-0.39, 0.29) is 0 Å². The fourth-order valence-electron chi connectivity index (χ4n) is 1.81. The molecule has 2 aromatic carbocycles. The molecule has 0 fully saturated rings. The first-order chi connectivity index (χ1) is 9.56. The van der Waals surface area contributed by atoms with Gasteiger partial charge in [-0.3, -0.25) is 4.21 Å². The van der Waals surface area contributed by atoms with Crippen LogP contribution in [0.5, 0.6) is 5.75 Å². The van der Waals surface area contributed by atoms with Crippen molar-refractivity contribution < 1.29 is 8.95 Å². The maximum absolute atomic E-state index is 12.2. The molecule has 0 aliphatic heterocycles. The van der Waals surface area contributed by atoms with E-state index < -0.39 is 10.8 Å². The quantitative estimate of drug-likeness (QED) is 0.861. The van der Waals surface area contributed by atoms with Gasteiger partial charge in [-0.1, -0.05) is 12.1 Å². The highest BCUT2D eigenvalue weighted by atomic mass is 32.2. The van der Waals surface area contributed by atoms with Crippen molar-refractivity contribution in [2.75, 3.05) is 18.1 Å². The van der Waals surface area contributed by atoms with Gasteiger partial charge in [-0.15, -0.1) is 0 Å². The molecule has 3 nitrogen and oxygen atoms in total. The predicted octanol–water partition coefficient (Wildman–Crippen LogP) is 3.07. The van der Waals surface area contributed by atoms with Gasteiger partial charge in [0.05, 0.1) is 16.6 Å². The van der Waals surface area contributed by atoms with Crippen molar-refractivity contribution in [3.8, 4) is 5.75 Å². The Morgan fingerprint density at radius 1 is 1.10 bits per heavy atom. The maximum Gasteiger partial charge on any atom is 0.121 e. The fraction of sp³-hybridized carbons (Fsp3) is 0.250. The topological polar surface area (TPSA) is 52.3 Å². The van der Waals surface area contributed by atoms with E-state index in [0.29, 0.717) is 23.8 Å². The second kappa shape index (κ2) is 6.57. The van der Waals surface area contributed by atoms with E-state index in [9.17, 15) is 4.21 Å². The largest absolute Gasteiger partial charge is 0.493 e. The predicted molar refractivity (Wildman–Crippen MR) is 83.5 cm³/mol. The van der Waals surface area contributed by atoms with Crippen molar-refractivity contribution in [1.29, 1.82) is 0 Å². The molecule has 0 aliphatic rings. The minimum atomic E-state index is -1.04. The molecule has 0 spiro atoms. The third-order valence-electron chi connectivity index (χ3n) is 3.14. The number of nitrogen functional groups attached to an aromatic ring is 1. The van der Waals surface area contributed by atoms with Crippen LogP contribution >= 0.6 is 0 Å². The van der Waals surface area contributed by atoms with Crippen molar-refractivity contribution >= 4 is 16.5 Å². The average molecular weight is 289 g/mol. The molecule has 1 atom stereocenters. The number of aryl methyl sites for hydroxylation is 2. The number of hydrogen-bond donors (Lipinski definition) is 1. The molecule has 2 N–H and O–H groups in total. The number of rotatable bonds is 5. The third kappa shape index (κ3) is 3.84. The Kier molecular flexibility index (Phi) is 4.79. The molecule has 0 radical (unpaired) electrons. The lowest BCUT2D eigenvalue weighted by Crippen LogP contribution is -2.09. The molecule has 4 heteroatoms. The van der Waals surface area contributed by atoms with Crippen molar-refractivity contribution in [3.05, 3.63) is 53.6 Å². The summed E-state index contributed by atoms with van der Waals surface area (Å²) in [5, 5.41) is 0. The third-order valence-corrected chi connectivity index (χ3v) is 4.45. The van der Waals surface area contributed by atoms with Crippen LogP contribution in [0.15, 0.2) is 47.4 Å². The maximum atomic E-state index is 12.2. The number of benzene rings is 2. The Morgan fingerprint density at radius 2 is 1.90 bits per heavy atom. The van der Waals surface area contributed by atoms with Crippen molar-refractivity contribution in [2.45, 2.75) is 18.7 Å². The van der Waals surface area contributed by atoms with E-state index in [2.05, 4.69) is 0 Å². The Morgan fingerprint density at radius 3 is 2.60 bits per heavy atom. The molecule has 1 unspecified atom stereocenters. The summed E-state index contributed by atoms with van der Waals surface area (Å²) in [4.78, 5) is 0.851. The first-order valence-corrected chi connectivity index (χ1v) is 7.82. The van der Waals surface area contributed by atoms with Crippen LogP contribution in [-0.2, 0) is 10.8 Å². The summed E-state index contributed by atoms with van der Waals surface area (Å²) >= 11 is 0. The molecule has 0 aliphatic carbocycles.